The summed E-state index contributed by atoms with van der Waals surface area (Å²) < 4.78 is 0. The first-order valence-electron chi connectivity index (χ1n) is 10.4. The number of fused-ring (bicyclic) bond motifs is 2. The van der Waals surface area contributed by atoms with Gasteiger partial charge in [-0.3, -0.25) is 9.59 Å². The van der Waals surface area contributed by atoms with E-state index in [1.54, 1.807) is 4.90 Å². The summed E-state index contributed by atoms with van der Waals surface area (Å²) in [6, 6.07) is 0.268. The van der Waals surface area contributed by atoms with Crippen LogP contribution in [0, 0.1) is 23.7 Å². The lowest BCUT2D eigenvalue weighted by Gasteiger charge is -2.44. The van der Waals surface area contributed by atoms with Gasteiger partial charge in [-0.1, -0.05) is 38.5 Å². The van der Waals surface area contributed by atoms with Crippen molar-refractivity contribution in [1.29, 1.82) is 0 Å². The van der Waals surface area contributed by atoms with Crippen molar-refractivity contribution in [2.24, 2.45) is 35.1 Å². The van der Waals surface area contributed by atoms with Crippen LogP contribution >= 0.6 is 12.4 Å². The predicted octanol–water partition coefficient (Wildman–Crippen LogP) is 2.85. The normalized spacial score (nSPS) is 31.7. The quantitative estimate of drug-likeness (QED) is 0.736. The number of carbonyl (C=O) groups is 2. The van der Waals surface area contributed by atoms with Crippen LogP contribution < -0.4 is 11.5 Å². The third-order valence-electron chi connectivity index (χ3n) is 6.95. The maximum Gasteiger partial charge on any atom is 0.237 e. The van der Waals surface area contributed by atoms with Crippen molar-refractivity contribution < 1.29 is 9.59 Å². The average molecular weight is 386 g/mol. The third kappa shape index (κ3) is 5.35. The first-order valence-corrected chi connectivity index (χ1v) is 10.4. The van der Waals surface area contributed by atoms with Crippen LogP contribution in [0.1, 0.15) is 70.6 Å². The van der Waals surface area contributed by atoms with Gasteiger partial charge in [0.15, 0.2) is 0 Å². The fraction of sp³-hybridized carbons (Fsp3) is 0.900. The van der Waals surface area contributed by atoms with Gasteiger partial charge < -0.3 is 16.4 Å². The van der Waals surface area contributed by atoms with Crippen LogP contribution in [0.15, 0.2) is 0 Å². The van der Waals surface area contributed by atoms with Gasteiger partial charge in [0.1, 0.15) is 0 Å². The minimum atomic E-state index is -0.398. The molecular weight excluding hydrogens is 350 g/mol. The van der Waals surface area contributed by atoms with E-state index in [9.17, 15) is 9.59 Å². The van der Waals surface area contributed by atoms with Crippen molar-refractivity contribution in [1.82, 2.24) is 4.90 Å². The van der Waals surface area contributed by atoms with Crippen LogP contribution in [0.2, 0.25) is 0 Å². The van der Waals surface area contributed by atoms with Crippen molar-refractivity contribution in [3.05, 3.63) is 0 Å². The van der Waals surface area contributed by atoms with Gasteiger partial charge in [-0.2, -0.15) is 0 Å². The molecule has 4 N–H and O–H groups in total. The van der Waals surface area contributed by atoms with E-state index in [4.69, 9.17) is 11.5 Å². The molecule has 3 fully saturated rings. The maximum atomic E-state index is 13.1. The Hall–Kier alpha value is -0.810. The lowest BCUT2D eigenvalue weighted by atomic mass is 9.65. The van der Waals surface area contributed by atoms with Crippen molar-refractivity contribution in [3.63, 3.8) is 0 Å². The summed E-state index contributed by atoms with van der Waals surface area (Å²) in [5.74, 6) is 1.46. The minimum Gasteiger partial charge on any atom is -0.368 e. The molecule has 2 bridgehead atoms. The molecule has 0 radical (unpaired) electrons. The van der Waals surface area contributed by atoms with Gasteiger partial charge in [-0.05, 0) is 49.9 Å². The Morgan fingerprint density at radius 2 is 1.54 bits per heavy atom. The van der Waals surface area contributed by atoms with E-state index in [0.29, 0.717) is 24.3 Å². The van der Waals surface area contributed by atoms with Crippen LogP contribution in [0.4, 0.5) is 0 Å². The zero-order chi connectivity index (χ0) is 17.8. The summed E-state index contributed by atoms with van der Waals surface area (Å²) in [7, 11) is 0. The van der Waals surface area contributed by atoms with Crippen LogP contribution in [0.3, 0.4) is 0 Å². The van der Waals surface area contributed by atoms with Gasteiger partial charge in [-0.15, -0.1) is 12.4 Å². The highest BCUT2D eigenvalue weighted by Crippen LogP contribution is 2.42. The number of halogens is 1. The number of hydrogen-bond donors (Lipinski definition) is 2. The molecule has 0 aromatic carbocycles. The van der Waals surface area contributed by atoms with Crippen molar-refractivity contribution in [3.8, 4) is 0 Å². The first-order chi connectivity index (χ1) is 12.0. The van der Waals surface area contributed by atoms with Crippen molar-refractivity contribution in [2.75, 3.05) is 13.1 Å². The number of hydrogen-bond acceptors (Lipinski definition) is 3. The zero-order valence-electron chi connectivity index (χ0n) is 15.9. The molecule has 2 unspecified atom stereocenters. The fourth-order valence-corrected chi connectivity index (χ4v) is 5.52. The predicted molar refractivity (Wildman–Crippen MR) is 106 cm³/mol. The Bertz CT molecular complexity index is 468. The summed E-state index contributed by atoms with van der Waals surface area (Å²) >= 11 is 0. The molecule has 3 aliphatic carbocycles. The van der Waals surface area contributed by atoms with E-state index in [1.165, 1.54) is 38.5 Å². The monoisotopic (exact) mass is 385 g/mol. The first kappa shape index (κ1) is 21.5. The van der Waals surface area contributed by atoms with E-state index < -0.39 is 5.91 Å². The SMILES string of the molecule is Cl.NC(=O)CN(CCC1CCCCC1)C(=O)C1CC2CCCC(C1)C2N. The van der Waals surface area contributed by atoms with E-state index >= 15 is 0 Å². The molecular formula is C20H36ClN3O2. The molecule has 0 aromatic rings. The molecule has 2 atom stereocenters. The molecule has 6 heteroatoms. The summed E-state index contributed by atoms with van der Waals surface area (Å²) in [5.41, 5.74) is 11.8. The third-order valence-corrected chi connectivity index (χ3v) is 6.95. The zero-order valence-corrected chi connectivity index (χ0v) is 16.7. The second kappa shape index (κ2) is 9.93. The van der Waals surface area contributed by atoms with Crippen LogP contribution in [-0.4, -0.2) is 35.8 Å². The molecule has 3 rings (SSSR count). The number of carbonyl (C=O) groups excluding carboxylic acids is 2. The van der Waals surface area contributed by atoms with E-state index in [1.807, 2.05) is 0 Å². The Morgan fingerprint density at radius 1 is 0.923 bits per heavy atom. The molecule has 3 saturated carbocycles. The Balaban J connectivity index is 0.00000243. The largest absolute Gasteiger partial charge is 0.368 e. The van der Waals surface area contributed by atoms with Gasteiger partial charge in [0.25, 0.3) is 0 Å². The lowest BCUT2D eigenvalue weighted by molar-refractivity contribution is -0.141. The number of nitrogens with two attached hydrogens (primary N) is 2. The second-order valence-electron chi connectivity index (χ2n) is 8.72. The Morgan fingerprint density at radius 3 is 2.12 bits per heavy atom. The van der Waals surface area contributed by atoms with Crippen LogP contribution in [-0.2, 0) is 9.59 Å². The molecule has 0 aromatic heterocycles. The molecule has 0 spiro atoms. The van der Waals surface area contributed by atoms with Crippen LogP contribution in [0.5, 0.6) is 0 Å². The molecule has 0 saturated heterocycles. The molecule has 0 aliphatic heterocycles. The summed E-state index contributed by atoms with van der Waals surface area (Å²) in [6.45, 7) is 0.758. The minimum absolute atomic E-state index is 0. The van der Waals surface area contributed by atoms with Gasteiger partial charge >= 0.3 is 0 Å². The maximum absolute atomic E-state index is 13.1. The highest BCUT2D eigenvalue weighted by molar-refractivity contribution is 5.85. The van der Waals surface area contributed by atoms with E-state index in [2.05, 4.69) is 0 Å². The van der Waals surface area contributed by atoms with Gasteiger partial charge in [0.05, 0.1) is 6.54 Å². The second-order valence-corrected chi connectivity index (χ2v) is 8.72. The number of amides is 2. The lowest BCUT2D eigenvalue weighted by Crippen LogP contribution is -2.51. The smallest absolute Gasteiger partial charge is 0.237 e. The summed E-state index contributed by atoms with van der Waals surface area (Å²) in [4.78, 5) is 26.4. The van der Waals surface area contributed by atoms with Crippen LogP contribution in [0.25, 0.3) is 0 Å². The number of nitrogens with zero attached hydrogens (tertiary/aromatic N) is 1. The Labute approximate surface area is 164 Å². The molecule has 0 heterocycles. The molecule has 5 nitrogen and oxygen atoms in total. The molecule has 150 valence electrons. The van der Waals surface area contributed by atoms with Crippen molar-refractivity contribution in [2.45, 2.75) is 76.7 Å². The molecule has 26 heavy (non-hydrogen) atoms. The standard InChI is InChI=1S/C20H35N3O2.ClH/c21-18(24)13-23(10-9-14-5-2-1-3-6-14)20(25)17-11-15-7-4-8-16(12-17)19(15)22;/h14-17,19H,1-13,22H2,(H2,21,24);1H. The number of primary amides is 1. The topological polar surface area (TPSA) is 89.4 Å². The van der Waals surface area contributed by atoms with Crippen molar-refractivity contribution >= 4 is 24.2 Å². The average Bonchev–Trinajstić information content (AvgIpc) is 2.58. The molecule has 2 amide bonds. The molecule has 3 aliphatic rings. The van der Waals surface area contributed by atoms with Gasteiger partial charge in [0, 0.05) is 18.5 Å². The fourth-order valence-electron chi connectivity index (χ4n) is 5.52. The Kier molecular flexibility index (Phi) is 8.21. The summed E-state index contributed by atoms with van der Waals surface area (Å²) in [6.07, 6.45) is 12.8. The van der Waals surface area contributed by atoms with Gasteiger partial charge in [-0.25, -0.2) is 0 Å². The highest BCUT2D eigenvalue weighted by Gasteiger charge is 2.41. The highest BCUT2D eigenvalue weighted by atomic mass is 35.5. The number of rotatable bonds is 6. The van der Waals surface area contributed by atoms with E-state index in [-0.39, 0.29) is 36.8 Å². The summed E-state index contributed by atoms with van der Waals surface area (Å²) in [5, 5.41) is 0. The van der Waals surface area contributed by atoms with Gasteiger partial charge in [0.2, 0.25) is 11.8 Å². The van der Waals surface area contributed by atoms with E-state index in [0.717, 1.165) is 32.1 Å².